The number of esters is 1. The number of anilines is 1. The average Bonchev–Trinajstić information content (AvgIpc) is 2.94. The highest BCUT2D eigenvalue weighted by atomic mass is 35.5. The number of nitrogens with zero attached hydrogens (tertiary/aromatic N) is 4. The number of rotatable bonds is 9. The van der Waals surface area contributed by atoms with Crippen molar-refractivity contribution in [3.05, 3.63) is 88.7 Å². The van der Waals surface area contributed by atoms with Gasteiger partial charge in [0, 0.05) is 12.4 Å². The first-order valence-electron chi connectivity index (χ1n) is 10.8. The predicted octanol–water partition coefficient (Wildman–Crippen LogP) is 4.59. The fraction of sp³-hybridized carbons (Fsp3) is 0.0800. The molecule has 4 rings (SSSR count). The molecule has 13 heteroatoms. The molecule has 11 nitrogen and oxygen atoms in total. The van der Waals surface area contributed by atoms with E-state index < -0.39 is 16.0 Å². The van der Waals surface area contributed by atoms with Gasteiger partial charge in [-0.15, -0.1) is 0 Å². The number of methoxy groups -OCH3 is 2. The van der Waals surface area contributed by atoms with Gasteiger partial charge in [-0.05, 0) is 42.0 Å². The van der Waals surface area contributed by atoms with Gasteiger partial charge in [-0.1, -0.05) is 35.9 Å². The molecule has 2 heterocycles. The molecule has 0 bridgehead atoms. The van der Waals surface area contributed by atoms with Crippen molar-refractivity contribution < 1.29 is 27.4 Å². The van der Waals surface area contributed by atoms with E-state index in [1.807, 2.05) is 0 Å². The smallest absolute Gasteiger partial charge is 0.337 e. The van der Waals surface area contributed by atoms with E-state index in [1.54, 1.807) is 42.5 Å². The van der Waals surface area contributed by atoms with E-state index in [0.29, 0.717) is 16.9 Å². The molecule has 0 fully saturated rings. The van der Waals surface area contributed by atoms with Crippen LogP contribution in [0, 0.1) is 0 Å². The van der Waals surface area contributed by atoms with Gasteiger partial charge in [0.2, 0.25) is 11.6 Å². The van der Waals surface area contributed by atoms with Gasteiger partial charge in [-0.3, -0.25) is 4.72 Å². The molecule has 0 aliphatic heterocycles. The van der Waals surface area contributed by atoms with Gasteiger partial charge in [0.25, 0.3) is 10.0 Å². The highest BCUT2D eigenvalue weighted by Gasteiger charge is 2.22. The molecule has 0 saturated carbocycles. The molecule has 0 unspecified atom stereocenters. The number of aromatic nitrogens is 4. The molecular weight excluding hydrogens is 534 g/mol. The summed E-state index contributed by atoms with van der Waals surface area (Å²) in [6.07, 6.45) is 4.31. The Balaban J connectivity index is 1.69. The number of carbonyl (C=O) groups is 1. The van der Waals surface area contributed by atoms with Gasteiger partial charge in [-0.2, -0.15) is 0 Å². The van der Waals surface area contributed by atoms with Crippen LogP contribution in [0.25, 0.3) is 17.7 Å². The van der Waals surface area contributed by atoms with Crippen molar-refractivity contribution in [2.75, 3.05) is 18.9 Å². The van der Waals surface area contributed by atoms with E-state index in [-0.39, 0.29) is 34.1 Å². The van der Waals surface area contributed by atoms with Crippen molar-refractivity contribution in [3.8, 4) is 28.9 Å². The van der Waals surface area contributed by atoms with Gasteiger partial charge in [0.05, 0.1) is 25.2 Å². The summed E-state index contributed by atoms with van der Waals surface area (Å²) < 4.78 is 44.2. The maximum atomic E-state index is 13.0. The monoisotopic (exact) mass is 553 g/mol. The molecule has 0 radical (unpaired) electrons. The largest absolute Gasteiger partial charge is 0.493 e. The molecular formula is C25H20ClN5O6S. The molecule has 0 aliphatic carbocycles. The van der Waals surface area contributed by atoms with Gasteiger partial charge < -0.3 is 14.2 Å². The first kappa shape index (κ1) is 26.5. The molecule has 2 aromatic heterocycles. The Labute approximate surface area is 223 Å². The minimum absolute atomic E-state index is 0.0249. The summed E-state index contributed by atoms with van der Waals surface area (Å²) in [4.78, 5) is 28.2. The third-order valence-corrected chi connectivity index (χ3v) is 6.11. The van der Waals surface area contributed by atoms with E-state index in [4.69, 9.17) is 21.1 Å². The highest BCUT2D eigenvalue weighted by molar-refractivity contribution is 7.95. The molecule has 4 aromatic rings. The lowest BCUT2D eigenvalue weighted by Gasteiger charge is -2.15. The van der Waals surface area contributed by atoms with Crippen molar-refractivity contribution in [1.29, 1.82) is 0 Å². The summed E-state index contributed by atoms with van der Waals surface area (Å²) in [6, 6.07) is 14.5. The Kier molecular flexibility index (Phi) is 8.14. The number of nitrogens with one attached hydrogen (secondary N) is 1. The number of halogens is 1. The van der Waals surface area contributed by atoms with E-state index in [1.165, 1.54) is 44.8 Å². The zero-order valence-corrected chi connectivity index (χ0v) is 21.6. The predicted molar refractivity (Wildman–Crippen MR) is 140 cm³/mol. The third kappa shape index (κ3) is 6.41. The van der Waals surface area contributed by atoms with Crippen LogP contribution < -0.4 is 14.2 Å². The van der Waals surface area contributed by atoms with Gasteiger partial charge in [-0.25, -0.2) is 33.1 Å². The molecule has 0 aliphatic rings. The van der Waals surface area contributed by atoms with Gasteiger partial charge in [0.1, 0.15) is 0 Å². The molecule has 0 amide bonds. The van der Waals surface area contributed by atoms with Crippen LogP contribution in [-0.2, 0) is 14.8 Å². The summed E-state index contributed by atoms with van der Waals surface area (Å²) in [5, 5.41) is 0.746. The number of hydrogen-bond donors (Lipinski definition) is 1. The normalized spacial score (nSPS) is 11.2. The van der Waals surface area contributed by atoms with E-state index in [0.717, 1.165) is 5.41 Å². The van der Waals surface area contributed by atoms with Crippen molar-refractivity contribution in [3.63, 3.8) is 0 Å². The average molecular weight is 554 g/mol. The van der Waals surface area contributed by atoms with Crippen LogP contribution in [0.1, 0.15) is 15.9 Å². The number of para-hydroxylation sites is 2. The minimum atomic E-state index is -4.13. The summed E-state index contributed by atoms with van der Waals surface area (Å²) >= 11 is 6.42. The van der Waals surface area contributed by atoms with Crippen molar-refractivity contribution in [1.82, 2.24) is 19.9 Å². The summed E-state index contributed by atoms with van der Waals surface area (Å²) in [5.74, 6) is -0.174. The minimum Gasteiger partial charge on any atom is -0.493 e. The zero-order valence-electron chi connectivity index (χ0n) is 20.0. The SMILES string of the molecule is COC(=O)c1ccc(C=CS(=O)(=O)Nc2nc(-c3ncccn3)nc(Cl)c2Oc2ccccc2OC)cc1. The van der Waals surface area contributed by atoms with E-state index in [9.17, 15) is 13.2 Å². The van der Waals surface area contributed by atoms with Crippen molar-refractivity contribution >= 4 is 39.5 Å². The molecule has 2 aromatic carbocycles. The van der Waals surface area contributed by atoms with Crippen molar-refractivity contribution in [2.45, 2.75) is 0 Å². The number of benzene rings is 2. The quantitative estimate of drug-likeness (QED) is 0.231. The molecule has 0 spiro atoms. The maximum absolute atomic E-state index is 13.0. The standard InChI is InChI=1S/C25H20ClN5O6S/c1-35-18-6-3-4-7-19(18)37-20-21(26)29-24(23-27-13-5-14-28-23)30-22(20)31-38(33,34)15-12-16-8-10-17(11-9-16)25(32)36-2/h3-15H,1-2H3,(H,29,30,31). The summed E-state index contributed by atoms with van der Waals surface area (Å²) in [5.41, 5.74) is 0.850. The Bertz CT molecular complexity index is 1580. The topological polar surface area (TPSA) is 142 Å². The van der Waals surface area contributed by atoms with Crippen LogP contribution in [0.4, 0.5) is 5.82 Å². The van der Waals surface area contributed by atoms with Gasteiger partial charge in [0.15, 0.2) is 28.3 Å². The molecule has 194 valence electrons. The lowest BCUT2D eigenvalue weighted by Crippen LogP contribution is -2.13. The second kappa shape index (κ2) is 11.7. The Hall–Kier alpha value is -4.55. The van der Waals surface area contributed by atoms with Crippen LogP contribution >= 0.6 is 11.6 Å². The fourth-order valence-electron chi connectivity index (χ4n) is 3.10. The Morgan fingerprint density at radius 1 is 0.921 bits per heavy atom. The van der Waals surface area contributed by atoms with E-state index in [2.05, 4.69) is 29.4 Å². The Morgan fingerprint density at radius 3 is 2.26 bits per heavy atom. The second-order valence-corrected chi connectivity index (χ2v) is 9.33. The van der Waals surface area contributed by atoms with Crippen LogP contribution in [0.2, 0.25) is 5.15 Å². The van der Waals surface area contributed by atoms with Crippen molar-refractivity contribution in [2.24, 2.45) is 0 Å². The van der Waals surface area contributed by atoms with Crippen LogP contribution in [0.3, 0.4) is 0 Å². The molecule has 38 heavy (non-hydrogen) atoms. The number of sulfonamides is 1. The lowest BCUT2D eigenvalue weighted by molar-refractivity contribution is 0.0600. The fourth-order valence-corrected chi connectivity index (χ4v) is 4.12. The molecule has 0 atom stereocenters. The highest BCUT2D eigenvalue weighted by Crippen LogP contribution is 2.39. The van der Waals surface area contributed by atoms with Crippen LogP contribution in [0.5, 0.6) is 17.2 Å². The zero-order chi connectivity index (χ0) is 27.1. The maximum Gasteiger partial charge on any atom is 0.337 e. The first-order valence-corrected chi connectivity index (χ1v) is 12.8. The third-order valence-electron chi connectivity index (χ3n) is 4.88. The molecule has 1 N–H and O–H groups in total. The molecule has 0 saturated heterocycles. The lowest BCUT2D eigenvalue weighted by atomic mass is 10.1. The number of carbonyl (C=O) groups excluding carboxylic acids is 1. The van der Waals surface area contributed by atoms with Gasteiger partial charge >= 0.3 is 5.97 Å². The second-order valence-electron chi connectivity index (χ2n) is 7.40. The summed E-state index contributed by atoms with van der Waals surface area (Å²) in [7, 11) is -1.40. The Morgan fingerprint density at radius 2 is 1.61 bits per heavy atom. The number of hydrogen-bond acceptors (Lipinski definition) is 10. The number of ether oxygens (including phenoxy) is 3. The summed E-state index contributed by atoms with van der Waals surface area (Å²) in [6.45, 7) is 0. The van der Waals surface area contributed by atoms with Crippen LogP contribution in [0.15, 0.2) is 72.4 Å². The van der Waals surface area contributed by atoms with E-state index >= 15 is 0 Å². The first-order chi connectivity index (χ1) is 18.3. The van der Waals surface area contributed by atoms with Crippen LogP contribution in [-0.4, -0.2) is 48.5 Å².